The maximum absolute atomic E-state index is 12.9. The molecule has 0 aliphatic carbocycles. The topological polar surface area (TPSA) is 70.5 Å². The van der Waals surface area contributed by atoms with Crippen molar-refractivity contribution >= 4 is 0 Å². The van der Waals surface area contributed by atoms with Crippen molar-refractivity contribution in [2.24, 2.45) is 0 Å². The zero-order valence-electron chi connectivity index (χ0n) is 34.8. The van der Waals surface area contributed by atoms with E-state index in [1.165, 1.54) is 0 Å². The fourth-order valence-electron chi connectivity index (χ4n) is 3.12. The monoisotopic (exact) mass is 1210 g/mol. The van der Waals surface area contributed by atoms with Gasteiger partial charge in [0.1, 0.15) is 0 Å². The van der Waals surface area contributed by atoms with E-state index in [0.717, 1.165) is 0 Å². The van der Waals surface area contributed by atoms with Crippen LogP contribution in [0.3, 0.4) is 0 Å². The summed E-state index contributed by atoms with van der Waals surface area (Å²) in [6.45, 7) is -16.4. The van der Waals surface area contributed by atoms with Crippen LogP contribution in [0, 0.1) is 0 Å². The van der Waals surface area contributed by atoms with Crippen LogP contribution in [0.15, 0.2) is 0 Å². The number of hydrogen-bond acceptors (Lipinski definition) is 0. The summed E-state index contributed by atoms with van der Waals surface area (Å²) < 4.78 is 465. The molecule has 0 N–H and O–H groups in total. The van der Waals surface area contributed by atoms with Crippen molar-refractivity contribution in [3.05, 3.63) is 26.6 Å². The highest BCUT2D eigenvalue weighted by Gasteiger charge is 2.62. The van der Waals surface area contributed by atoms with E-state index >= 15 is 0 Å². The lowest BCUT2D eigenvalue weighted by Crippen LogP contribution is -2.44. The Morgan fingerprint density at radius 1 is 0.324 bits per heavy atom. The predicted octanol–water partition coefficient (Wildman–Crippen LogP) is 16.8. The largest absolute Gasteiger partial charge is 0.660 e. The number of hydrogen-bond donors (Lipinski definition) is 0. The van der Waals surface area contributed by atoms with Crippen molar-refractivity contribution in [3.63, 3.8) is 0 Å². The first-order valence-electron chi connectivity index (χ1n) is 17.4. The van der Waals surface area contributed by atoms with Crippen molar-refractivity contribution < 1.29 is 176 Å². The first kappa shape index (κ1) is 79.9. The van der Waals surface area contributed by atoms with E-state index in [4.69, 9.17) is 9.15 Å². The van der Waals surface area contributed by atoms with Crippen LogP contribution in [0.2, 0.25) is 0 Å². The molecule has 0 amide bonds. The normalized spacial score (nSPS) is 16.2. The van der Waals surface area contributed by atoms with Gasteiger partial charge in [-0.15, -0.1) is 13.1 Å². The summed E-state index contributed by atoms with van der Waals surface area (Å²) in [5.74, 6) is -40.4. The van der Waals surface area contributed by atoms with E-state index in [0.29, 0.717) is 0 Å². The average molecular weight is 1210 g/mol. The van der Waals surface area contributed by atoms with E-state index in [2.05, 4.69) is 21.3 Å². The molecule has 74 heavy (non-hydrogen) atoms. The summed E-state index contributed by atoms with van der Waals surface area (Å²) in [6.07, 6.45) is -45.6. The molecule has 1 aliphatic rings. The Kier molecular flexibility index (Phi) is 32.0. The second-order valence-electron chi connectivity index (χ2n) is 13.4. The summed E-state index contributed by atoms with van der Waals surface area (Å²) in [7, 11) is 0. The molecule has 5 nitrogen and oxygen atoms in total. The van der Waals surface area contributed by atoms with Crippen LogP contribution in [0.25, 0.3) is 26.6 Å². The fourth-order valence-corrected chi connectivity index (χ4v) is 3.12. The van der Waals surface area contributed by atoms with Crippen LogP contribution in [-0.4, -0.2) is 163 Å². The number of halogens is 40. The summed E-state index contributed by atoms with van der Waals surface area (Å²) in [5, 5.41) is 12.5. The molecule has 1 aliphatic heterocycles. The molecule has 0 saturated carbocycles. The number of nitrogens with zero attached hydrogens (tertiary/aromatic N) is 5. The van der Waals surface area contributed by atoms with Crippen LogP contribution in [0.5, 0.6) is 0 Å². The Morgan fingerprint density at radius 3 is 0.784 bits per heavy atom. The minimum atomic E-state index is -6.37. The fraction of sp³-hybridized carbons (Fsp3) is 1.00. The highest BCUT2D eigenvalue weighted by atomic mass is 20.0. The summed E-state index contributed by atoms with van der Waals surface area (Å²) >= 11 is 0. The van der Waals surface area contributed by atoms with Gasteiger partial charge in [0, 0.05) is 15.6 Å². The SMILES string of the molecule is FC(F)(C[N-]CC(F)(F)CC(F)(F)C(F)(F)F)CC(F)(F)C(F)(F)F.FC(F)(F)C(F)(F)C[N-]CC(F)(F)C(F)(F)F.FC(F)(F)C[N-]CC(F)(F)F.FC1(F)C[N-]CC1(F)F.FCC[N-]CCC(F)(F)F.FF. The van der Waals surface area contributed by atoms with Crippen LogP contribution < -0.4 is 0 Å². The van der Waals surface area contributed by atoms with E-state index in [9.17, 15) is 167 Å². The molecule has 0 unspecified atom stereocenters. The lowest BCUT2D eigenvalue weighted by molar-refractivity contribution is -0.300. The average Bonchev–Trinajstić information content (AvgIpc) is 3.36. The van der Waals surface area contributed by atoms with Gasteiger partial charge >= 0.3 is 66.9 Å². The standard InChI is InChI=1S/C10H8F14N.C6H4F10N.C5H8F4N.C4H4F6N.C4H4F4N.F2/c11-5(12,1-7(15,16)9(19,20)21)3-25-4-6(13,14)2-8(17,18)10(22,23)24;7-3(8,5(11,12)13)1-17-2-4(9,10)6(14,15)16;6-2-4-10-3-1-5(7,8)9;5-3(6,7)1-11-2-4(8,9)10;5-3(6)1-9-2-4(3,7)8;1-2/h1-4H2;1-2H2;1-4H2;1-2H2;1-2H2;/q5*-1;. The van der Waals surface area contributed by atoms with Gasteiger partial charge in [0.25, 0.3) is 11.8 Å². The molecule has 0 radical (unpaired) electrons. The Hall–Kier alpha value is -3.00. The van der Waals surface area contributed by atoms with E-state index in [1.807, 2.05) is 5.32 Å². The third-order valence-electron chi connectivity index (χ3n) is 6.46. The van der Waals surface area contributed by atoms with Gasteiger partial charge in [-0.05, 0) is 0 Å². The quantitative estimate of drug-likeness (QED) is 0.0969. The smallest absolute Gasteiger partial charge is 0.453 e. The molecule has 454 valence electrons. The lowest BCUT2D eigenvalue weighted by Gasteiger charge is -2.33. The summed E-state index contributed by atoms with van der Waals surface area (Å²) in [6, 6.07) is 0. The zero-order chi connectivity index (χ0) is 60.9. The predicted molar refractivity (Wildman–Crippen MR) is 169 cm³/mol. The van der Waals surface area contributed by atoms with Gasteiger partial charge < -0.3 is 26.6 Å². The van der Waals surface area contributed by atoms with Crippen molar-refractivity contribution in [2.45, 2.75) is 110 Å². The van der Waals surface area contributed by atoms with E-state index in [-0.39, 0.29) is 13.1 Å². The van der Waals surface area contributed by atoms with Gasteiger partial charge in [-0.3, -0.25) is 4.39 Å². The number of alkyl halides is 38. The molecule has 1 heterocycles. The molecule has 0 bridgehead atoms. The Bertz CT molecular complexity index is 1380. The van der Waals surface area contributed by atoms with E-state index in [1.54, 1.807) is 0 Å². The second kappa shape index (κ2) is 29.7. The molecule has 45 heteroatoms. The molecule has 1 saturated heterocycles. The van der Waals surface area contributed by atoms with Crippen LogP contribution in [0.4, 0.5) is 176 Å². The first-order chi connectivity index (χ1) is 32.1. The van der Waals surface area contributed by atoms with Gasteiger partial charge in [-0.2, -0.15) is 127 Å². The molecular weight excluding hydrogens is 1180 g/mol. The van der Waals surface area contributed by atoms with Gasteiger partial charge in [0.2, 0.25) is 11.8 Å². The third kappa shape index (κ3) is 36.9. The Labute approximate surface area is 385 Å². The van der Waals surface area contributed by atoms with Gasteiger partial charge in [-0.1, -0.05) is 52.4 Å². The Balaban J connectivity index is -0.000000281. The lowest BCUT2D eigenvalue weighted by atomic mass is 10.1. The molecule has 0 aromatic heterocycles. The van der Waals surface area contributed by atoms with Crippen LogP contribution in [0.1, 0.15) is 19.3 Å². The minimum absolute atomic E-state index is 0.129. The maximum Gasteiger partial charge on any atom is 0.453 e. The summed E-state index contributed by atoms with van der Waals surface area (Å²) in [4.78, 5) is 0. The van der Waals surface area contributed by atoms with Crippen molar-refractivity contribution in [3.8, 4) is 0 Å². The van der Waals surface area contributed by atoms with Crippen LogP contribution in [-0.2, 0) is 0 Å². The maximum atomic E-state index is 12.9. The molecule has 1 fully saturated rings. The summed E-state index contributed by atoms with van der Waals surface area (Å²) in [5.41, 5.74) is 0. The van der Waals surface area contributed by atoms with Crippen molar-refractivity contribution in [2.75, 3.05) is 72.1 Å². The highest BCUT2D eigenvalue weighted by Crippen LogP contribution is 2.46. The van der Waals surface area contributed by atoms with Gasteiger partial charge in [0.05, 0.1) is 19.5 Å². The van der Waals surface area contributed by atoms with Crippen molar-refractivity contribution in [1.82, 2.24) is 0 Å². The van der Waals surface area contributed by atoms with E-state index < -0.39 is 169 Å². The first-order valence-corrected chi connectivity index (χ1v) is 17.4. The van der Waals surface area contributed by atoms with Crippen molar-refractivity contribution in [1.29, 1.82) is 0 Å². The Morgan fingerprint density at radius 2 is 0.581 bits per heavy atom. The zero-order valence-corrected chi connectivity index (χ0v) is 34.8. The third-order valence-corrected chi connectivity index (χ3v) is 6.46. The van der Waals surface area contributed by atoms with Gasteiger partial charge in [0.15, 0.2) is 0 Å². The highest BCUT2D eigenvalue weighted by molar-refractivity contribution is 5.09. The molecule has 0 atom stereocenters. The molecule has 0 spiro atoms. The molecule has 1 rings (SSSR count). The molecular formula is C29H28F40N5-5. The molecule has 0 aromatic rings. The minimum Gasteiger partial charge on any atom is -0.660 e. The second-order valence-corrected chi connectivity index (χ2v) is 13.4. The van der Waals surface area contributed by atoms with Gasteiger partial charge in [-0.25, -0.2) is 35.1 Å². The number of rotatable bonds is 18. The van der Waals surface area contributed by atoms with Crippen LogP contribution >= 0.6 is 0 Å². The molecule has 0 aromatic carbocycles.